The van der Waals surface area contributed by atoms with E-state index < -0.39 is 15.7 Å². The molecule has 2 rings (SSSR count). The Morgan fingerprint density at radius 1 is 0.833 bits per heavy atom. The Labute approximate surface area is 146 Å². The minimum atomic E-state index is -2.69. The van der Waals surface area contributed by atoms with Gasteiger partial charge in [-0.2, -0.15) is 0 Å². The van der Waals surface area contributed by atoms with Crippen LogP contribution < -0.4 is 10.6 Å². The van der Waals surface area contributed by atoms with E-state index >= 15 is 0 Å². The number of rotatable bonds is 9. The van der Waals surface area contributed by atoms with Crippen LogP contribution >= 0.6 is 7.14 Å². The first-order chi connectivity index (χ1) is 11.5. The summed E-state index contributed by atoms with van der Waals surface area (Å²) in [6.45, 7) is 7.30. The van der Waals surface area contributed by atoms with Gasteiger partial charge in [0, 0.05) is 30.0 Å². The van der Waals surface area contributed by atoms with E-state index in [-0.39, 0.29) is 0 Å². The van der Waals surface area contributed by atoms with Crippen LogP contribution in [0.25, 0.3) is 0 Å². The second-order valence-electron chi connectivity index (χ2n) is 5.88. The fraction of sp³-hybridized carbons (Fsp3) is 0.368. The van der Waals surface area contributed by atoms with Gasteiger partial charge < -0.3 is 13.4 Å². The number of hydrogen-bond donors (Lipinski definition) is 0. The van der Waals surface area contributed by atoms with Gasteiger partial charge in [-0.15, -0.1) is 0 Å². The molecular weight excluding hydrogens is 335 g/mol. The highest BCUT2D eigenvalue weighted by molar-refractivity contribution is 7.78. The van der Waals surface area contributed by atoms with E-state index in [1.807, 2.05) is 74.5 Å². The van der Waals surface area contributed by atoms with Crippen molar-refractivity contribution in [2.45, 2.75) is 26.4 Å². The van der Waals surface area contributed by atoms with E-state index in [0.717, 1.165) is 16.7 Å². The van der Waals surface area contributed by atoms with Crippen molar-refractivity contribution in [1.82, 2.24) is 0 Å². The fourth-order valence-corrected chi connectivity index (χ4v) is 9.50. The van der Waals surface area contributed by atoms with E-state index in [4.69, 9.17) is 8.85 Å². The lowest BCUT2D eigenvalue weighted by Crippen LogP contribution is -2.40. The Hall–Kier alpha value is -1.19. The van der Waals surface area contributed by atoms with Crippen molar-refractivity contribution in [2.75, 3.05) is 19.4 Å². The SMILES string of the molecule is CCO[Si](C)(CCP(=O)(c1ccccc1)c1ccccc1)OCC. The summed E-state index contributed by atoms with van der Waals surface area (Å²) in [6, 6.07) is 20.3. The van der Waals surface area contributed by atoms with E-state index in [0.29, 0.717) is 19.4 Å². The molecule has 0 aromatic heterocycles. The van der Waals surface area contributed by atoms with Gasteiger partial charge in [0.05, 0.1) is 0 Å². The Bertz CT molecular complexity index is 611. The van der Waals surface area contributed by atoms with E-state index in [1.54, 1.807) is 0 Å². The molecule has 0 aliphatic carbocycles. The van der Waals surface area contributed by atoms with Gasteiger partial charge in [-0.3, -0.25) is 0 Å². The van der Waals surface area contributed by atoms with Crippen molar-refractivity contribution >= 4 is 26.3 Å². The third-order valence-electron chi connectivity index (χ3n) is 4.13. The summed E-state index contributed by atoms with van der Waals surface area (Å²) in [5.41, 5.74) is 0. The average molecular weight is 362 g/mol. The summed E-state index contributed by atoms with van der Waals surface area (Å²) >= 11 is 0. The zero-order valence-electron chi connectivity index (χ0n) is 14.8. The molecule has 0 amide bonds. The standard InChI is InChI=1S/C19H27O3PSi/c1-4-21-24(3,22-5-2)17-16-23(20,18-12-8-6-9-13-18)19-14-10-7-11-15-19/h6-15H,4-5,16-17H2,1-3H3. The largest absolute Gasteiger partial charge is 0.395 e. The van der Waals surface area contributed by atoms with Gasteiger partial charge in [0.25, 0.3) is 0 Å². The van der Waals surface area contributed by atoms with Crippen LogP contribution in [0.5, 0.6) is 0 Å². The monoisotopic (exact) mass is 362 g/mol. The zero-order valence-corrected chi connectivity index (χ0v) is 16.7. The molecule has 0 atom stereocenters. The van der Waals surface area contributed by atoms with Crippen molar-refractivity contribution < 1.29 is 13.4 Å². The van der Waals surface area contributed by atoms with Crippen molar-refractivity contribution in [3.8, 4) is 0 Å². The van der Waals surface area contributed by atoms with Crippen LogP contribution in [0.1, 0.15) is 13.8 Å². The molecule has 0 spiro atoms. The van der Waals surface area contributed by atoms with Crippen molar-refractivity contribution in [3.05, 3.63) is 60.7 Å². The van der Waals surface area contributed by atoms with E-state index in [1.165, 1.54) is 0 Å². The molecule has 2 aromatic carbocycles. The fourth-order valence-electron chi connectivity index (χ4n) is 2.90. The molecule has 130 valence electrons. The Balaban J connectivity index is 2.33. The van der Waals surface area contributed by atoms with Crippen LogP contribution in [-0.4, -0.2) is 27.9 Å². The van der Waals surface area contributed by atoms with Gasteiger partial charge in [0.1, 0.15) is 7.14 Å². The Morgan fingerprint density at radius 3 is 1.62 bits per heavy atom. The molecule has 0 fully saturated rings. The maximum Gasteiger partial charge on any atom is 0.335 e. The average Bonchev–Trinajstić information content (AvgIpc) is 2.62. The summed E-state index contributed by atoms with van der Waals surface area (Å²) in [6.07, 6.45) is 0.573. The van der Waals surface area contributed by atoms with Crippen LogP contribution in [0.3, 0.4) is 0 Å². The van der Waals surface area contributed by atoms with E-state index in [9.17, 15) is 4.57 Å². The minimum absolute atomic E-state index is 0.573. The topological polar surface area (TPSA) is 35.5 Å². The molecule has 0 N–H and O–H groups in total. The lowest BCUT2D eigenvalue weighted by Gasteiger charge is -2.28. The summed E-state index contributed by atoms with van der Waals surface area (Å²) in [4.78, 5) is 0. The second kappa shape index (κ2) is 8.77. The highest BCUT2D eigenvalue weighted by Gasteiger charge is 2.36. The summed E-state index contributed by atoms with van der Waals surface area (Å²) in [5.74, 6) is 0. The van der Waals surface area contributed by atoms with Gasteiger partial charge >= 0.3 is 8.56 Å². The predicted molar refractivity (Wildman–Crippen MR) is 104 cm³/mol. The summed E-state index contributed by atoms with van der Waals surface area (Å²) in [7, 11) is -4.99. The van der Waals surface area contributed by atoms with Crippen molar-refractivity contribution in [2.24, 2.45) is 0 Å². The highest BCUT2D eigenvalue weighted by atomic mass is 31.2. The maximum atomic E-state index is 14.0. The molecule has 0 radical (unpaired) electrons. The van der Waals surface area contributed by atoms with Gasteiger partial charge in [0.15, 0.2) is 0 Å². The smallest absolute Gasteiger partial charge is 0.335 e. The van der Waals surface area contributed by atoms with Crippen LogP contribution in [-0.2, 0) is 13.4 Å². The third-order valence-corrected chi connectivity index (χ3v) is 10.6. The first kappa shape index (κ1) is 19.1. The van der Waals surface area contributed by atoms with E-state index in [2.05, 4.69) is 6.55 Å². The Morgan fingerprint density at radius 2 is 1.25 bits per heavy atom. The third kappa shape index (κ3) is 4.67. The molecule has 0 unspecified atom stereocenters. The summed E-state index contributed by atoms with van der Waals surface area (Å²) < 4.78 is 25.8. The molecular formula is C19H27O3PSi. The maximum absolute atomic E-state index is 14.0. The molecule has 24 heavy (non-hydrogen) atoms. The molecule has 5 heteroatoms. The van der Waals surface area contributed by atoms with Gasteiger partial charge in [-0.1, -0.05) is 60.7 Å². The molecule has 0 heterocycles. The minimum Gasteiger partial charge on any atom is -0.395 e. The molecule has 3 nitrogen and oxygen atoms in total. The quantitative estimate of drug-likeness (QED) is 0.497. The second-order valence-corrected chi connectivity index (χ2v) is 12.2. The van der Waals surface area contributed by atoms with Crippen molar-refractivity contribution in [1.29, 1.82) is 0 Å². The molecule has 0 aliphatic heterocycles. The number of benzene rings is 2. The van der Waals surface area contributed by atoms with Crippen LogP contribution in [0.15, 0.2) is 60.7 Å². The highest BCUT2D eigenvalue weighted by Crippen LogP contribution is 2.45. The molecule has 0 saturated heterocycles. The normalized spacial score (nSPS) is 12.3. The zero-order chi connectivity index (χ0) is 17.5. The Kier molecular flexibility index (Phi) is 6.99. The van der Waals surface area contributed by atoms with Gasteiger partial charge in [0.2, 0.25) is 0 Å². The molecule has 0 aliphatic rings. The van der Waals surface area contributed by atoms with Gasteiger partial charge in [-0.05, 0) is 26.4 Å². The van der Waals surface area contributed by atoms with Crippen LogP contribution in [0.2, 0.25) is 12.6 Å². The first-order valence-electron chi connectivity index (χ1n) is 8.52. The van der Waals surface area contributed by atoms with Crippen molar-refractivity contribution in [3.63, 3.8) is 0 Å². The molecule has 2 aromatic rings. The molecule has 0 saturated carbocycles. The lowest BCUT2D eigenvalue weighted by atomic mass is 10.4. The first-order valence-corrected chi connectivity index (χ1v) is 12.9. The lowest BCUT2D eigenvalue weighted by molar-refractivity contribution is 0.190. The van der Waals surface area contributed by atoms with Gasteiger partial charge in [-0.25, -0.2) is 0 Å². The summed E-state index contributed by atoms with van der Waals surface area (Å²) in [5, 5.41) is 1.81. The van der Waals surface area contributed by atoms with Crippen LogP contribution in [0.4, 0.5) is 0 Å². The number of hydrogen-bond acceptors (Lipinski definition) is 3. The predicted octanol–water partition coefficient (Wildman–Crippen LogP) is 4.15. The van der Waals surface area contributed by atoms with Crippen LogP contribution in [0, 0.1) is 0 Å². The molecule has 0 bridgehead atoms.